The fourth-order valence-electron chi connectivity index (χ4n) is 4.45. The molecule has 2 N–H and O–H groups in total. The molecule has 3 aromatic carbocycles. The van der Waals surface area contributed by atoms with Crippen LogP contribution in [0.3, 0.4) is 0 Å². The average Bonchev–Trinajstić information content (AvgIpc) is 3.48. The SMILES string of the molecule is COc1ccc(C)cc1S(=O)(=O)N[C@H](Cc1ccccc1)C(=O)NCc1ccc(S(=O)(=O)N2CCCC2)cc1. The summed E-state index contributed by atoms with van der Waals surface area (Å²) in [5.74, 6) is -0.334. The number of ether oxygens (including phenoxy) is 1. The van der Waals surface area contributed by atoms with E-state index < -0.39 is 32.0 Å². The van der Waals surface area contributed by atoms with E-state index in [1.54, 1.807) is 31.2 Å². The Morgan fingerprint density at radius 1 is 0.923 bits per heavy atom. The molecule has 0 unspecified atom stereocenters. The number of hydrogen-bond acceptors (Lipinski definition) is 6. The third kappa shape index (κ3) is 7.04. The fraction of sp³-hybridized carbons (Fsp3) is 0.321. The minimum Gasteiger partial charge on any atom is -0.495 e. The van der Waals surface area contributed by atoms with Gasteiger partial charge < -0.3 is 10.1 Å². The maximum atomic E-state index is 13.4. The highest BCUT2D eigenvalue weighted by Crippen LogP contribution is 2.25. The van der Waals surface area contributed by atoms with Crippen LogP contribution in [-0.4, -0.2) is 53.3 Å². The van der Waals surface area contributed by atoms with Crippen LogP contribution in [0, 0.1) is 6.92 Å². The first-order chi connectivity index (χ1) is 18.6. The zero-order valence-corrected chi connectivity index (χ0v) is 23.6. The molecule has 9 nitrogen and oxygen atoms in total. The second-order valence-electron chi connectivity index (χ2n) is 9.49. The number of sulfonamides is 2. The molecule has 1 aliphatic heterocycles. The van der Waals surface area contributed by atoms with E-state index in [2.05, 4.69) is 10.0 Å². The van der Waals surface area contributed by atoms with Gasteiger partial charge in [0.1, 0.15) is 16.7 Å². The Labute approximate surface area is 230 Å². The summed E-state index contributed by atoms with van der Waals surface area (Å²) in [7, 11) is -6.25. The molecule has 0 spiro atoms. The summed E-state index contributed by atoms with van der Waals surface area (Å²) in [5, 5.41) is 2.79. The van der Waals surface area contributed by atoms with Gasteiger partial charge in [-0.3, -0.25) is 4.79 Å². The molecule has 208 valence electrons. The number of amides is 1. The molecule has 1 atom stereocenters. The number of methoxy groups -OCH3 is 1. The first-order valence-corrected chi connectivity index (χ1v) is 15.6. The lowest BCUT2D eigenvalue weighted by Gasteiger charge is -2.20. The monoisotopic (exact) mass is 571 g/mol. The minimum atomic E-state index is -4.11. The molecule has 0 aromatic heterocycles. The quantitative estimate of drug-likeness (QED) is 0.365. The van der Waals surface area contributed by atoms with Crippen LogP contribution in [0.1, 0.15) is 29.5 Å². The van der Waals surface area contributed by atoms with Gasteiger partial charge in [-0.15, -0.1) is 0 Å². The number of hydrogen-bond donors (Lipinski definition) is 2. The summed E-state index contributed by atoms with van der Waals surface area (Å²) in [5.41, 5.74) is 2.20. The Morgan fingerprint density at radius 2 is 1.59 bits per heavy atom. The van der Waals surface area contributed by atoms with E-state index in [1.807, 2.05) is 30.3 Å². The van der Waals surface area contributed by atoms with Gasteiger partial charge in [-0.25, -0.2) is 16.8 Å². The number of rotatable bonds is 11. The van der Waals surface area contributed by atoms with E-state index in [1.165, 1.54) is 29.6 Å². The summed E-state index contributed by atoms with van der Waals surface area (Å²) in [4.78, 5) is 13.4. The second-order valence-corrected chi connectivity index (χ2v) is 13.1. The van der Waals surface area contributed by atoms with Crippen LogP contribution in [0.5, 0.6) is 5.75 Å². The van der Waals surface area contributed by atoms with Crippen molar-refractivity contribution in [2.24, 2.45) is 0 Å². The van der Waals surface area contributed by atoms with Crippen molar-refractivity contribution in [3.05, 3.63) is 89.5 Å². The number of benzene rings is 3. The van der Waals surface area contributed by atoms with Gasteiger partial charge in [-0.1, -0.05) is 48.5 Å². The lowest BCUT2D eigenvalue weighted by molar-refractivity contribution is -0.122. The summed E-state index contributed by atoms with van der Waals surface area (Å²) in [6, 6.07) is 19.2. The molecule has 1 heterocycles. The van der Waals surface area contributed by atoms with Crippen LogP contribution in [-0.2, 0) is 37.8 Å². The molecule has 1 aliphatic rings. The Bertz CT molecular complexity index is 1500. The Morgan fingerprint density at radius 3 is 2.23 bits per heavy atom. The lowest BCUT2D eigenvalue weighted by Crippen LogP contribution is -2.47. The highest BCUT2D eigenvalue weighted by Gasteiger charge is 2.29. The first-order valence-electron chi connectivity index (χ1n) is 12.7. The zero-order valence-electron chi connectivity index (χ0n) is 22.0. The van der Waals surface area contributed by atoms with E-state index in [0.717, 1.165) is 24.0 Å². The van der Waals surface area contributed by atoms with Crippen LogP contribution in [0.2, 0.25) is 0 Å². The molecular weight excluding hydrogens is 538 g/mol. The van der Waals surface area contributed by atoms with E-state index in [4.69, 9.17) is 4.74 Å². The van der Waals surface area contributed by atoms with Crippen molar-refractivity contribution in [1.29, 1.82) is 0 Å². The predicted octanol–water partition coefficient (Wildman–Crippen LogP) is 2.99. The topological polar surface area (TPSA) is 122 Å². The van der Waals surface area contributed by atoms with Gasteiger partial charge in [0.2, 0.25) is 26.0 Å². The number of nitrogens with zero attached hydrogens (tertiary/aromatic N) is 1. The Balaban J connectivity index is 1.50. The summed E-state index contributed by atoms with van der Waals surface area (Å²) >= 11 is 0. The number of carbonyl (C=O) groups excluding carboxylic acids is 1. The first kappa shape index (κ1) is 28.8. The van der Waals surface area contributed by atoms with Crippen molar-refractivity contribution >= 4 is 26.0 Å². The molecule has 0 aliphatic carbocycles. The van der Waals surface area contributed by atoms with Gasteiger partial charge in [0.05, 0.1) is 12.0 Å². The Kier molecular flexibility index (Phi) is 9.06. The largest absolute Gasteiger partial charge is 0.495 e. The van der Waals surface area contributed by atoms with Crippen molar-refractivity contribution in [3.8, 4) is 5.75 Å². The maximum absolute atomic E-state index is 13.4. The molecule has 0 radical (unpaired) electrons. The van der Waals surface area contributed by atoms with Gasteiger partial charge in [0.25, 0.3) is 0 Å². The predicted molar refractivity (Wildman–Crippen MR) is 148 cm³/mol. The van der Waals surface area contributed by atoms with Crippen molar-refractivity contribution in [2.75, 3.05) is 20.2 Å². The number of aryl methyl sites for hydroxylation is 1. The molecule has 11 heteroatoms. The Hall–Kier alpha value is -3.25. The van der Waals surface area contributed by atoms with Crippen molar-refractivity contribution in [1.82, 2.24) is 14.3 Å². The van der Waals surface area contributed by atoms with Gasteiger partial charge >= 0.3 is 0 Å². The van der Waals surface area contributed by atoms with E-state index >= 15 is 0 Å². The van der Waals surface area contributed by atoms with Gasteiger partial charge in [-0.05, 0) is 67.1 Å². The molecule has 0 bridgehead atoms. The van der Waals surface area contributed by atoms with E-state index in [-0.39, 0.29) is 28.5 Å². The molecule has 1 saturated heterocycles. The minimum absolute atomic E-state index is 0.0503. The van der Waals surface area contributed by atoms with Crippen LogP contribution in [0.15, 0.2) is 82.6 Å². The fourth-order valence-corrected chi connectivity index (χ4v) is 7.42. The van der Waals surface area contributed by atoms with E-state index in [9.17, 15) is 21.6 Å². The van der Waals surface area contributed by atoms with Gasteiger partial charge in [0, 0.05) is 19.6 Å². The molecule has 1 amide bonds. The third-order valence-corrected chi connectivity index (χ3v) is 10.0. The number of carbonyl (C=O) groups is 1. The molecular formula is C28H33N3O6S2. The normalized spacial score (nSPS) is 15.1. The summed E-state index contributed by atoms with van der Waals surface area (Å²) < 4.78 is 61.5. The summed E-state index contributed by atoms with van der Waals surface area (Å²) in [6.07, 6.45) is 1.84. The average molecular weight is 572 g/mol. The third-order valence-electron chi connectivity index (χ3n) is 6.60. The highest BCUT2D eigenvalue weighted by molar-refractivity contribution is 7.89. The molecule has 3 aromatic rings. The molecule has 1 fully saturated rings. The number of nitrogens with one attached hydrogen (secondary N) is 2. The molecule has 0 saturated carbocycles. The van der Waals surface area contributed by atoms with Crippen molar-refractivity contribution < 1.29 is 26.4 Å². The zero-order chi connectivity index (χ0) is 28.0. The smallest absolute Gasteiger partial charge is 0.244 e. The lowest BCUT2D eigenvalue weighted by atomic mass is 10.1. The standard InChI is InChI=1S/C28H33N3O6S2/c1-21-10-15-26(37-2)27(18-21)38(33,34)30-25(19-22-8-4-3-5-9-22)28(32)29-20-23-11-13-24(14-12-23)39(35,36)31-16-6-7-17-31/h3-5,8-15,18,25,30H,6-7,16-17,19-20H2,1-2H3,(H,29,32)/t25-/m1/s1. The molecule has 39 heavy (non-hydrogen) atoms. The van der Waals surface area contributed by atoms with Crippen LogP contribution < -0.4 is 14.8 Å². The maximum Gasteiger partial charge on any atom is 0.244 e. The second kappa shape index (κ2) is 12.3. The van der Waals surface area contributed by atoms with Crippen LogP contribution >= 0.6 is 0 Å². The van der Waals surface area contributed by atoms with E-state index in [0.29, 0.717) is 18.7 Å². The van der Waals surface area contributed by atoms with Crippen molar-refractivity contribution in [3.63, 3.8) is 0 Å². The van der Waals surface area contributed by atoms with Gasteiger partial charge in [0.15, 0.2) is 0 Å². The van der Waals surface area contributed by atoms with Crippen molar-refractivity contribution in [2.45, 2.75) is 48.6 Å². The highest BCUT2D eigenvalue weighted by atomic mass is 32.2. The van der Waals surface area contributed by atoms with Gasteiger partial charge in [-0.2, -0.15) is 9.03 Å². The summed E-state index contributed by atoms with van der Waals surface area (Å²) in [6.45, 7) is 2.92. The van der Waals surface area contributed by atoms with Crippen LogP contribution in [0.4, 0.5) is 0 Å². The molecule has 4 rings (SSSR count). The van der Waals surface area contributed by atoms with Crippen LogP contribution in [0.25, 0.3) is 0 Å².